The van der Waals surface area contributed by atoms with Crippen LogP contribution in [0.15, 0.2) is 53.3 Å². The van der Waals surface area contributed by atoms with Crippen LogP contribution in [-0.2, 0) is 6.42 Å². The average molecular weight is 403 g/mol. The van der Waals surface area contributed by atoms with E-state index in [1.54, 1.807) is 4.57 Å². The minimum atomic E-state index is -0.207. The van der Waals surface area contributed by atoms with Crippen LogP contribution in [0.3, 0.4) is 0 Å². The van der Waals surface area contributed by atoms with E-state index in [0.29, 0.717) is 11.7 Å². The number of fused-ring (bicyclic) bond motifs is 1. The Hall–Kier alpha value is -2.50. The highest BCUT2D eigenvalue weighted by Gasteiger charge is 2.33. The molecule has 0 bridgehead atoms. The maximum atomic E-state index is 13.8. The molecule has 5 heteroatoms. The third-order valence-electron chi connectivity index (χ3n) is 6.57. The van der Waals surface area contributed by atoms with Gasteiger partial charge in [0.05, 0.1) is 22.6 Å². The van der Waals surface area contributed by atoms with Gasteiger partial charge in [-0.1, -0.05) is 30.3 Å². The van der Waals surface area contributed by atoms with Crippen LogP contribution in [0.1, 0.15) is 49.5 Å². The first-order valence-electron chi connectivity index (χ1n) is 11.3. The number of benzene rings is 2. The first-order chi connectivity index (χ1) is 14.7. The number of likely N-dealkylation sites (tertiary alicyclic amines) is 1. The van der Waals surface area contributed by atoms with E-state index < -0.39 is 0 Å². The highest BCUT2D eigenvalue weighted by atomic mass is 16.1. The Morgan fingerprint density at radius 3 is 2.53 bits per heavy atom. The molecule has 2 aliphatic rings. The van der Waals surface area contributed by atoms with Gasteiger partial charge in [0.15, 0.2) is 0 Å². The van der Waals surface area contributed by atoms with Crippen molar-refractivity contribution >= 4 is 10.9 Å². The van der Waals surface area contributed by atoms with E-state index in [-0.39, 0.29) is 11.6 Å². The van der Waals surface area contributed by atoms with Gasteiger partial charge in [0.25, 0.3) is 5.56 Å². The standard InChI is InChI=1S/C25H30N4O/c26-23(19-13-14-19)24-27-21-12-6-8-18(9-7-17-28-15-4-5-16-28)22(21)25(30)29(24)20-10-2-1-3-11-20/h1-3,6,8,10-12,19,23H,4-5,7,9,13-17,26H2. The summed E-state index contributed by atoms with van der Waals surface area (Å²) < 4.78 is 1.76. The second-order valence-electron chi connectivity index (χ2n) is 8.77. The van der Waals surface area contributed by atoms with Crippen molar-refractivity contribution in [2.75, 3.05) is 19.6 Å². The molecule has 2 N–H and O–H groups in total. The van der Waals surface area contributed by atoms with Crippen LogP contribution < -0.4 is 11.3 Å². The lowest BCUT2D eigenvalue weighted by Crippen LogP contribution is -2.30. The Labute approximate surface area is 177 Å². The Morgan fingerprint density at radius 2 is 1.80 bits per heavy atom. The number of para-hydroxylation sites is 1. The summed E-state index contributed by atoms with van der Waals surface area (Å²) in [4.78, 5) is 21.3. The van der Waals surface area contributed by atoms with E-state index in [4.69, 9.17) is 10.7 Å². The molecule has 3 aromatic rings. The van der Waals surface area contributed by atoms with Gasteiger partial charge in [-0.25, -0.2) is 4.98 Å². The Morgan fingerprint density at radius 1 is 1.03 bits per heavy atom. The predicted molar refractivity (Wildman–Crippen MR) is 121 cm³/mol. The number of hydrogen-bond donors (Lipinski definition) is 1. The Bertz CT molecular complexity index is 1080. The third-order valence-corrected chi connectivity index (χ3v) is 6.57. The van der Waals surface area contributed by atoms with E-state index in [9.17, 15) is 4.79 Å². The molecule has 0 amide bonds. The number of aryl methyl sites for hydroxylation is 1. The van der Waals surface area contributed by atoms with Crippen LogP contribution in [0, 0.1) is 5.92 Å². The normalized spacial score (nSPS) is 18.2. The molecular formula is C25H30N4O. The lowest BCUT2D eigenvalue weighted by Gasteiger charge is -2.19. The van der Waals surface area contributed by atoms with E-state index in [0.717, 1.165) is 54.4 Å². The summed E-state index contributed by atoms with van der Waals surface area (Å²) in [6.45, 7) is 3.52. The van der Waals surface area contributed by atoms with Gasteiger partial charge in [-0.15, -0.1) is 0 Å². The van der Waals surface area contributed by atoms with Crippen molar-refractivity contribution in [3.8, 4) is 5.69 Å². The topological polar surface area (TPSA) is 64.2 Å². The van der Waals surface area contributed by atoms with E-state index >= 15 is 0 Å². The first kappa shape index (κ1) is 19.5. The van der Waals surface area contributed by atoms with Crippen LogP contribution in [0.4, 0.5) is 0 Å². The lowest BCUT2D eigenvalue weighted by molar-refractivity contribution is 0.334. The van der Waals surface area contributed by atoms with Gasteiger partial charge >= 0.3 is 0 Å². The fourth-order valence-electron chi connectivity index (χ4n) is 4.74. The minimum Gasteiger partial charge on any atom is -0.321 e. The molecular weight excluding hydrogens is 372 g/mol. The molecule has 0 spiro atoms. The molecule has 2 fully saturated rings. The van der Waals surface area contributed by atoms with Gasteiger partial charge in [-0.3, -0.25) is 9.36 Å². The van der Waals surface area contributed by atoms with Gasteiger partial charge in [0.1, 0.15) is 5.82 Å². The summed E-state index contributed by atoms with van der Waals surface area (Å²) in [6, 6.07) is 15.7. The van der Waals surface area contributed by atoms with Crippen LogP contribution in [0.2, 0.25) is 0 Å². The molecule has 1 saturated heterocycles. The molecule has 1 aliphatic carbocycles. The second-order valence-corrected chi connectivity index (χ2v) is 8.77. The minimum absolute atomic E-state index is 0.00840. The SMILES string of the molecule is NC(c1nc2cccc(CCCN3CCCC3)c2c(=O)n1-c1ccccc1)C1CC1. The van der Waals surface area contributed by atoms with E-state index in [1.807, 2.05) is 42.5 Å². The third kappa shape index (κ3) is 3.80. The van der Waals surface area contributed by atoms with E-state index in [2.05, 4.69) is 11.0 Å². The Kier molecular flexibility index (Phi) is 5.40. The highest BCUT2D eigenvalue weighted by molar-refractivity contribution is 5.82. The molecule has 1 aliphatic heterocycles. The van der Waals surface area contributed by atoms with Gasteiger partial charge in [0, 0.05) is 0 Å². The number of nitrogens with zero attached hydrogens (tertiary/aromatic N) is 3. The van der Waals surface area contributed by atoms with Crippen LogP contribution in [0.5, 0.6) is 0 Å². The van der Waals surface area contributed by atoms with Crippen LogP contribution >= 0.6 is 0 Å². The van der Waals surface area contributed by atoms with Crippen LogP contribution in [-0.4, -0.2) is 34.1 Å². The van der Waals surface area contributed by atoms with Crippen molar-refractivity contribution in [1.29, 1.82) is 0 Å². The maximum Gasteiger partial charge on any atom is 0.266 e. The second kappa shape index (κ2) is 8.32. The predicted octanol–water partition coefficient (Wildman–Crippen LogP) is 3.82. The van der Waals surface area contributed by atoms with Crippen molar-refractivity contribution in [2.45, 2.75) is 44.6 Å². The van der Waals surface area contributed by atoms with Crippen molar-refractivity contribution in [3.05, 3.63) is 70.3 Å². The smallest absolute Gasteiger partial charge is 0.266 e. The number of aromatic nitrogens is 2. The molecule has 5 rings (SSSR count). The largest absolute Gasteiger partial charge is 0.321 e. The molecule has 0 radical (unpaired) electrons. The van der Waals surface area contributed by atoms with Gasteiger partial charge in [-0.2, -0.15) is 0 Å². The highest BCUT2D eigenvalue weighted by Crippen LogP contribution is 2.39. The van der Waals surface area contributed by atoms with Crippen molar-refractivity contribution in [2.24, 2.45) is 11.7 Å². The molecule has 5 nitrogen and oxygen atoms in total. The number of nitrogens with two attached hydrogens (primary N) is 1. The molecule has 2 aromatic carbocycles. The van der Waals surface area contributed by atoms with Gasteiger partial charge in [0.2, 0.25) is 0 Å². The van der Waals surface area contributed by atoms with E-state index in [1.165, 1.54) is 25.9 Å². The Balaban J connectivity index is 1.57. The first-order valence-corrected chi connectivity index (χ1v) is 11.3. The molecule has 156 valence electrons. The van der Waals surface area contributed by atoms with Gasteiger partial charge < -0.3 is 10.6 Å². The van der Waals surface area contributed by atoms with Crippen molar-refractivity contribution < 1.29 is 0 Å². The molecule has 2 heterocycles. The number of hydrogen-bond acceptors (Lipinski definition) is 4. The monoisotopic (exact) mass is 402 g/mol. The summed E-state index contributed by atoms with van der Waals surface area (Å²) in [5.41, 5.74) is 9.28. The molecule has 1 atom stereocenters. The van der Waals surface area contributed by atoms with Crippen LogP contribution in [0.25, 0.3) is 16.6 Å². The zero-order valence-electron chi connectivity index (χ0n) is 17.5. The summed E-state index contributed by atoms with van der Waals surface area (Å²) in [7, 11) is 0. The fourth-order valence-corrected chi connectivity index (χ4v) is 4.74. The molecule has 1 aromatic heterocycles. The summed E-state index contributed by atoms with van der Waals surface area (Å²) in [6.07, 6.45) is 6.80. The quantitative estimate of drug-likeness (QED) is 0.652. The summed E-state index contributed by atoms with van der Waals surface area (Å²) >= 11 is 0. The zero-order chi connectivity index (χ0) is 20.5. The molecule has 30 heavy (non-hydrogen) atoms. The van der Waals surface area contributed by atoms with Crippen molar-refractivity contribution in [1.82, 2.24) is 14.5 Å². The molecule has 1 unspecified atom stereocenters. The maximum absolute atomic E-state index is 13.8. The fraction of sp³-hybridized carbons (Fsp3) is 0.440. The average Bonchev–Trinajstić information content (AvgIpc) is 3.50. The lowest BCUT2D eigenvalue weighted by atomic mass is 10.0. The zero-order valence-corrected chi connectivity index (χ0v) is 17.5. The summed E-state index contributed by atoms with van der Waals surface area (Å²) in [5, 5.41) is 0.745. The molecule has 1 saturated carbocycles. The van der Waals surface area contributed by atoms with Gasteiger partial charge in [-0.05, 0) is 87.8 Å². The van der Waals surface area contributed by atoms with Crippen molar-refractivity contribution in [3.63, 3.8) is 0 Å². The number of rotatable bonds is 7. The summed E-state index contributed by atoms with van der Waals surface area (Å²) in [5.74, 6) is 1.11.